The van der Waals surface area contributed by atoms with Crippen LogP contribution in [0.4, 0.5) is 0 Å². The van der Waals surface area contributed by atoms with Gasteiger partial charge in [0.25, 0.3) is 0 Å². The Labute approximate surface area is 101 Å². The summed E-state index contributed by atoms with van der Waals surface area (Å²) in [5, 5.41) is 0. The monoisotopic (exact) mass is 229 g/mol. The highest BCUT2D eigenvalue weighted by atomic mass is 32.2. The van der Waals surface area contributed by atoms with Gasteiger partial charge >= 0.3 is 0 Å². The number of rotatable bonds is 3. The molecule has 0 fully saturated rings. The smallest absolute Gasteiger partial charge is 0.0619 e. The predicted molar refractivity (Wildman–Crippen MR) is 72.1 cm³/mol. The molecule has 1 atom stereocenters. The van der Waals surface area contributed by atoms with Crippen LogP contribution < -0.4 is 0 Å². The molecule has 2 aromatic rings. The van der Waals surface area contributed by atoms with Crippen molar-refractivity contribution in [1.82, 2.24) is 0 Å². The molecule has 0 amide bonds. The highest BCUT2D eigenvalue weighted by molar-refractivity contribution is 7.97. The van der Waals surface area contributed by atoms with Crippen molar-refractivity contribution in [2.45, 2.75) is 23.6 Å². The fourth-order valence-electron chi connectivity index (χ4n) is 1.76. The minimum atomic E-state index is 0.234. The third kappa shape index (κ3) is 2.48. The molecule has 0 saturated carbocycles. The summed E-state index contributed by atoms with van der Waals surface area (Å²) in [4.78, 5) is 2.88. The maximum atomic E-state index is 2.26. The van der Waals surface area contributed by atoms with Gasteiger partial charge < -0.3 is 0 Å². The van der Waals surface area contributed by atoms with E-state index in [1.807, 2.05) is 0 Å². The summed E-state index contributed by atoms with van der Waals surface area (Å²) in [6.07, 6.45) is 0. The molecule has 16 heavy (non-hydrogen) atoms. The Bertz CT molecular complexity index is 431. The van der Waals surface area contributed by atoms with Crippen molar-refractivity contribution in [2.75, 3.05) is 5.75 Å². The van der Waals surface area contributed by atoms with Gasteiger partial charge in [0.2, 0.25) is 0 Å². The van der Waals surface area contributed by atoms with E-state index in [2.05, 4.69) is 68.4 Å². The molecule has 1 unspecified atom stereocenters. The average Bonchev–Trinajstić information content (AvgIpc) is 2.34. The number of aryl methyl sites for hydroxylation is 1. The van der Waals surface area contributed by atoms with Gasteiger partial charge in [-0.2, -0.15) is 0 Å². The number of benzene rings is 2. The van der Waals surface area contributed by atoms with Crippen LogP contribution in [-0.4, -0.2) is 5.75 Å². The van der Waals surface area contributed by atoms with Crippen LogP contribution in [-0.2, 0) is 10.9 Å². The van der Waals surface area contributed by atoms with Gasteiger partial charge in [0, 0.05) is 0 Å². The largest absolute Gasteiger partial charge is 0.160 e. The quantitative estimate of drug-likeness (QED) is 0.696. The lowest BCUT2D eigenvalue weighted by atomic mass is 10.2. The summed E-state index contributed by atoms with van der Waals surface area (Å²) in [6.45, 7) is 4.40. The predicted octanol–water partition coefficient (Wildman–Crippen LogP) is 4.05. The standard InChI is InChI=1S/C15H17S/c1-3-16(14-7-5-4-6-8-14)15-11-9-13(2)10-12-15/h4-12H,3H2,1-2H3/q+1. The third-order valence-corrected chi connectivity index (χ3v) is 4.88. The molecule has 0 aliphatic rings. The first-order chi connectivity index (χ1) is 7.81. The van der Waals surface area contributed by atoms with Gasteiger partial charge in [0.05, 0.1) is 10.9 Å². The summed E-state index contributed by atoms with van der Waals surface area (Å²) in [6, 6.07) is 19.7. The molecule has 2 rings (SSSR count). The van der Waals surface area contributed by atoms with Crippen LogP contribution in [0.2, 0.25) is 0 Å². The van der Waals surface area contributed by atoms with E-state index >= 15 is 0 Å². The Morgan fingerprint density at radius 1 is 0.812 bits per heavy atom. The lowest BCUT2D eigenvalue weighted by molar-refractivity contribution is 1.31. The Balaban J connectivity index is 2.33. The van der Waals surface area contributed by atoms with Crippen molar-refractivity contribution in [2.24, 2.45) is 0 Å². The van der Waals surface area contributed by atoms with Crippen molar-refractivity contribution < 1.29 is 0 Å². The lowest BCUT2D eigenvalue weighted by Gasteiger charge is -2.05. The zero-order valence-electron chi connectivity index (χ0n) is 9.81. The third-order valence-electron chi connectivity index (χ3n) is 2.62. The molecule has 0 spiro atoms. The zero-order valence-corrected chi connectivity index (χ0v) is 10.6. The lowest BCUT2D eigenvalue weighted by Crippen LogP contribution is -2.05. The fraction of sp³-hybridized carbons (Fsp3) is 0.200. The van der Waals surface area contributed by atoms with Gasteiger partial charge in [0.15, 0.2) is 9.79 Å². The molecular weight excluding hydrogens is 212 g/mol. The molecule has 0 saturated heterocycles. The van der Waals surface area contributed by atoms with E-state index in [0.29, 0.717) is 0 Å². The summed E-state index contributed by atoms with van der Waals surface area (Å²) in [7, 11) is 0.234. The second kappa shape index (κ2) is 5.22. The van der Waals surface area contributed by atoms with Gasteiger partial charge in [-0.15, -0.1) is 0 Å². The molecule has 1 heteroatoms. The second-order valence-electron chi connectivity index (χ2n) is 3.81. The summed E-state index contributed by atoms with van der Waals surface area (Å²) >= 11 is 0. The van der Waals surface area contributed by atoms with E-state index in [1.165, 1.54) is 21.1 Å². The summed E-state index contributed by atoms with van der Waals surface area (Å²) < 4.78 is 0. The van der Waals surface area contributed by atoms with Crippen LogP contribution in [0.5, 0.6) is 0 Å². The van der Waals surface area contributed by atoms with Crippen molar-refractivity contribution >= 4 is 10.9 Å². The molecule has 0 heterocycles. The Morgan fingerprint density at radius 3 is 1.94 bits per heavy atom. The number of hydrogen-bond acceptors (Lipinski definition) is 0. The first-order valence-corrected chi connectivity index (χ1v) is 7.03. The zero-order chi connectivity index (χ0) is 11.4. The summed E-state index contributed by atoms with van der Waals surface area (Å²) in [5.41, 5.74) is 1.33. The van der Waals surface area contributed by atoms with Crippen molar-refractivity contribution in [1.29, 1.82) is 0 Å². The topological polar surface area (TPSA) is 0 Å². The van der Waals surface area contributed by atoms with Crippen molar-refractivity contribution in [3.63, 3.8) is 0 Å². The van der Waals surface area contributed by atoms with Crippen LogP contribution >= 0.6 is 0 Å². The van der Waals surface area contributed by atoms with Crippen LogP contribution in [0.1, 0.15) is 12.5 Å². The van der Waals surface area contributed by atoms with Gasteiger partial charge in [-0.05, 0) is 38.1 Å². The molecule has 2 aromatic carbocycles. The molecule has 0 aliphatic carbocycles. The van der Waals surface area contributed by atoms with Crippen molar-refractivity contribution in [3.8, 4) is 0 Å². The molecule has 0 N–H and O–H groups in total. The van der Waals surface area contributed by atoms with E-state index in [9.17, 15) is 0 Å². The minimum Gasteiger partial charge on any atom is -0.0619 e. The van der Waals surface area contributed by atoms with E-state index in [0.717, 1.165) is 0 Å². The van der Waals surface area contributed by atoms with E-state index < -0.39 is 0 Å². The van der Waals surface area contributed by atoms with Crippen LogP contribution in [0, 0.1) is 6.92 Å². The normalized spacial score (nSPS) is 12.4. The van der Waals surface area contributed by atoms with E-state index in [-0.39, 0.29) is 10.9 Å². The fourth-order valence-corrected chi connectivity index (χ4v) is 3.65. The first-order valence-electron chi connectivity index (χ1n) is 5.64. The Kier molecular flexibility index (Phi) is 3.68. The minimum absolute atomic E-state index is 0.234. The molecule has 0 aliphatic heterocycles. The molecule has 0 nitrogen and oxygen atoms in total. The number of hydrogen-bond donors (Lipinski definition) is 0. The van der Waals surface area contributed by atoms with Gasteiger partial charge in [-0.25, -0.2) is 0 Å². The van der Waals surface area contributed by atoms with Gasteiger partial charge in [-0.1, -0.05) is 35.9 Å². The van der Waals surface area contributed by atoms with Crippen LogP contribution in [0.3, 0.4) is 0 Å². The molecular formula is C15H17S+. The molecule has 0 radical (unpaired) electrons. The van der Waals surface area contributed by atoms with E-state index in [4.69, 9.17) is 0 Å². The maximum absolute atomic E-state index is 2.26. The van der Waals surface area contributed by atoms with Crippen LogP contribution in [0.25, 0.3) is 0 Å². The van der Waals surface area contributed by atoms with E-state index in [1.54, 1.807) is 0 Å². The van der Waals surface area contributed by atoms with Gasteiger partial charge in [-0.3, -0.25) is 0 Å². The average molecular weight is 229 g/mol. The Hall–Kier alpha value is -1.21. The molecule has 82 valence electrons. The highest BCUT2D eigenvalue weighted by Gasteiger charge is 2.21. The van der Waals surface area contributed by atoms with Gasteiger partial charge in [0.1, 0.15) is 5.75 Å². The molecule has 0 aromatic heterocycles. The SMILES string of the molecule is CC[S+](c1ccccc1)c1ccc(C)cc1. The maximum Gasteiger partial charge on any atom is 0.160 e. The second-order valence-corrected chi connectivity index (χ2v) is 6.11. The summed E-state index contributed by atoms with van der Waals surface area (Å²) in [5.74, 6) is 1.17. The highest BCUT2D eigenvalue weighted by Crippen LogP contribution is 2.23. The van der Waals surface area contributed by atoms with Crippen LogP contribution in [0.15, 0.2) is 64.4 Å². The Morgan fingerprint density at radius 2 is 1.38 bits per heavy atom. The molecule has 0 bridgehead atoms. The first kappa shape index (κ1) is 11.3. The van der Waals surface area contributed by atoms with Crippen molar-refractivity contribution in [3.05, 3.63) is 60.2 Å².